The molecule has 0 bridgehead atoms. The van der Waals surface area contributed by atoms with Crippen LogP contribution in [-0.2, 0) is 10.0 Å². The number of carbonyl (C=O) groups is 1. The van der Waals surface area contributed by atoms with Crippen LogP contribution in [0.1, 0.15) is 35.5 Å². The second-order valence-corrected chi connectivity index (χ2v) is 10.2. The molecular weight excluding hydrogens is 448 g/mol. The minimum Gasteiger partial charge on any atom is -0.412 e. The highest BCUT2D eigenvalue weighted by Crippen LogP contribution is 2.30. The molecule has 0 saturated carbocycles. The number of carbonyl (C=O) groups excluding carboxylic acids is 1. The summed E-state index contributed by atoms with van der Waals surface area (Å²) in [5, 5.41) is 9.90. The molecule has 1 aromatic carbocycles. The number of amides is 1. The summed E-state index contributed by atoms with van der Waals surface area (Å²) in [4.78, 5) is 14.2. The molecule has 30 heavy (non-hydrogen) atoms. The van der Waals surface area contributed by atoms with Gasteiger partial charge in [0.2, 0.25) is 5.89 Å². The Balaban J connectivity index is 1.52. The zero-order valence-corrected chi connectivity index (χ0v) is 18.5. The summed E-state index contributed by atoms with van der Waals surface area (Å²) >= 11 is 6.95. The number of rotatable bonds is 5. The number of piperidine rings is 1. The van der Waals surface area contributed by atoms with E-state index >= 15 is 0 Å². The number of nitrogens with one attached hydrogen (secondary N) is 1. The minimum atomic E-state index is -3.80. The summed E-state index contributed by atoms with van der Waals surface area (Å²) < 4.78 is 33.7. The fraction of sp³-hybridized carbons (Fsp3) is 0.316. The number of aromatic nitrogens is 2. The van der Waals surface area contributed by atoms with Gasteiger partial charge in [0, 0.05) is 23.5 Å². The molecule has 0 unspecified atom stereocenters. The molecule has 1 fully saturated rings. The van der Waals surface area contributed by atoms with E-state index in [9.17, 15) is 13.2 Å². The fourth-order valence-corrected chi connectivity index (χ4v) is 5.68. The average molecular weight is 467 g/mol. The highest BCUT2D eigenvalue weighted by molar-refractivity contribution is 7.94. The number of hydrogen-bond acceptors (Lipinski definition) is 7. The predicted molar refractivity (Wildman–Crippen MR) is 114 cm³/mol. The number of halogens is 1. The van der Waals surface area contributed by atoms with E-state index in [0.717, 1.165) is 30.6 Å². The summed E-state index contributed by atoms with van der Waals surface area (Å²) in [6, 6.07) is 6.35. The number of benzene rings is 1. The Morgan fingerprint density at radius 3 is 2.70 bits per heavy atom. The highest BCUT2D eigenvalue weighted by atomic mass is 35.5. The lowest BCUT2D eigenvalue weighted by Gasteiger charge is -2.24. The molecule has 2 aromatic heterocycles. The van der Waals surface area contributed by atoms with Gasteiger partial charge in [0.15, 0.2) is 0 Å². The van der Waals surface area contributed by atoms with E-state index < -0.39 is 10.0 Å². The molecule has 1 aliphatic rings. The molecule has 3 aromatic rings. The van der Waals surface area contributed by atoms with Gasteiger partial charge in [0.1, 0.15) is 4.21 Å². The van der Waals surface area contributed by atoms with Crippen molar-refractivity contribution < 1.29 is 17.6 Å². The highest BCUT2D eigenvalue weighted by Gasteiger charge is 2.25. The normalized spacial score (nSPS) is 14.7. The van der Waals surface area contributed by atoms with Crippen LogP contribution >= 0.6 is 22.9 Å². The molecule has 11 heteroatoms. The van der Waals surface area contributed by atoms with Crippen molar-refractivity contribution in [3.05, 3.63) is 46.1 Å². The molecular formula is C19H19ClN4O4S2. The topological polar surface area (TPSA) is 105 Å². The Morgan fingerprint density at radius 1 is 1.20 bits per heavy atom. The molecule has 4 rings (SSSR count). The number of thiophene rings is 1. The summed E-state index contributed by atoms with van der Waals surface area (Å²) in [6.07, 6.45) is 3.02. The number of sulfonamides is 1. The number of hydrogen-bond donors (Lipinski definition) is 1. The van der Waals surface area contributed by atoms with Gasteiger partial charge in [-0.1, -0.05) is 11.6 Å². The summed E-state index contributed by atoms with van der Waals surface area (Å²) in [7, 11) is -3.80. The van der Waals surface area contributed by atoms with Crippen LogP contribution in [0.3, 0.4) is 0 Å². The largest absolute Gasteiger partial charge is 0.412 e. The Labute approximate surface area is 182 Å². The average Bonchev–Trinajstić information content (AvgIpc) is 3.40. The molecule has 8 nitrogen and oxygen atoms in total. The number of aryl methyl sites for hydroxylation is 1. The first-order valence-electron chi connectivity index (χ1n) is 9.34. The Bertz CT molecular complexity index is 1180. The third-order valence-electron chi connectivity index (χ3n) is 4.77. The summed E-state index contributed by atoms with van der Waals surface area (Å²) in [6.45, 7) is 3.11. The van der Waals surface area contributed by atoms with Gasteiger partial charge in [-0.15, -0.1) is 21.5 Å². The maximum absolute atomic E-state index is 12.7. The van der Waals surface area contributed by atoms with Crippen LogP contribution in [0, 0.1) is 6.92 Å². The molecule has 0 aliphatic carbocycles. The smallest absolute Gasteiger partial charge is 0.311 e. The Hall–Kier alpha value is -2.43. The molecule has 1 N–H and O–H groups in total. The minimum absolute atomic E-state index is 0.0857. The molecule has 1 aliphatic heterocycles. The van der Waals surface area contributed by atoms with Crippen LogP contribution < -0.4 is 4.72 Å². The van der Waals surface area contributed by atoms with Crippen molar-refractivity contribution in [3.63, 3.8) is 0 Å². The SMILES string of the molecule is Cc1cc(Cl)ccc1NS(=O)(=O)c1cc(-c2nnc(C(=O)N3CCCCC3)o2)cs1. The lowest BCUT2D eigenvalue weighted by atomic mass is 10.1. The van der Waals surface area contributed by atoms with Gasteiger partial charge in [0.25, 0.3) is 10.0 Å². The van der Waals surface area contributed by atoms with Crippen molar-refractivity contribution in [2.75, 3.05) is 17.8 Å². The lowest BCUT2D eigenvalue weighted by Crippen LogP contribution is -2.35. The quantitative estimate of drug-likeness (QED) is 0.604. The lowest BCUT2D eigenvalue weighted by molar-refractivity contribution is 0.0684. The Kier molecular flexibility index (Phi) is 5.81. The van der Waals surface area contributed by atoms with Crippen molar-refractivity contribution in [1.29, 1.82) is 0 Å². The van der Waals surface area contributed by atoms with Gasteiger partial charge in [-0.3, -0.25) is 9.52 Å². The molecule has 0 atom stereocenters. The predicted octanol–water partition coefficient (Wildman–Crippen LogP) is 4.19. The summed E-state index contributed by atoms with van der Waals surface area (Å²) in [5.74, 6) is -0.274. The van der Waals surface area contributed by atoms with Crippen LogP contribution in [-0.4, -0.2) is 42.5 Å². The molecule has 3 heterocycles. The van der Waals surface area contributed by atoms with Crippen LogP contribution in [0.5, 0.6) is 0 Å². The second-order valence-electron chi connectivity index (χ2n) is 6.98. The summed E-state index contributed by atoms with van der Waals surface area (Å²) in [5.41, 5.74) is 1.60. The molecule has 0 radical (unpaired) electrons. The number of nitrogens with zero attached hydrogens (tertiary/aromatic N) is 3. The first kappa shape index (κ1) is 20.8. The van der Waals surface area contributed by atoms with E-state index in [4.69, 9.17) is 16.0 Å². The van der Waals surface area contributed by atoms with E-state index in [1.54, 1.807) is 35.4 Å². The fourth-order valence-electron chi connectivity index (χ4n) is 3.16. The van der Waals surface area contributed by atoms with Gasteiger partial charge in [-0.25, -0.2) is 8.42 Å². The standard InChI is InChI=1S/C19H19ClN4O4S2/c1-12-9-14(20)5-6-15(12)23-30(26,27)16-10-13(11-29-16)17-21-22-18(28-17)19(25)24-7-3-2-4-8-24/h5-6,9-11,23H,2-4,7-8H2,1H3. The van der Waals surface area contributed by atoms with E-state index in [-0.39, 0.29) is 21.9 Å². The van der Waals surface area contributed by atoms with Gasteiger partial charge in [-0.2, -0.15) is 0 Å². The van der Waals surface area contributed by atoms with E-state index in [1.165, 1.54) is 6.07 Å². The van der Waals surface area contributed by atoms with Crippen LogP contribution in [0.15, 0.2) is 38.3 Å². The van der Waals surface area contributed by atoms with Gasteiger partial charge in [0.05, 0.1) is 11.3 Å². The van der Waals surface area contributed by atoms with Crippen LogP contribution in [0.4, 0.5) is 5.69 Å². The van der Waals surface area contributed by atoms with Gasteiger partial charge >= 0.3 is 11.8 Å². The zero-order chi connectivity index (χ0) is 21.3. The van der Waals surface area contributed by atoms with E-state index in [2.05, 4.69) is 14.9 Å². The molecule has 158 valence electrons. The first-order valence-corrected chi connectivity index (χ1v) is 12.1. The maximum atomic E-state index is 12.7. The molecule has 1 saturated heterocycles. The number of anilines is 1. The first-order chi connectivity index (χ1) is 14.3. The third-order valence-corrected chi connectivity index (χ3v) is 7.81. The third kappa shape index (κ3) is 4.35. The van der Waals surface area contributed by atoms with E-state index in [0.29, 0.717) is 34.9 Å². The van der Waals surface area contributed by atoms with E-state index in [1.807, 2.05) is 0 Å². The van der Waals surface area contributed by atoms with Crippen molar-refractivity contribution in [2.45, 2.75) is 30.4 Å². The van der Waals surface area contributed by atoms with Crippen molar-refractivity contribution in [3.8, 4) is 11.5 Å². The van der Waals surface area contributed by atoms with Crippen LogP contribution in [0.2, 0.25) is 5.02 Å². The molecule has 0 spiro atoms. The van der Waals surface area contributed by atoms with Crippen molar-refractivity contribution in [2.24, 2.45) is 0 Å². The van der Waals surface area contributed by atoms with Crippen molar-refractivity contribution >= 4 is 44.6 Å². The Morgan fingerprint density at radius 2 is 1.97 bits per heavy atom. The number of likely N-dealkylation sites (tertiary alicyclic amines) is 1. The van der Waals surface area contributed by atoms with Crippen LogP contribution in [0.25, 0.3) is 11.5 Å². The van der Waals surface area contributed by atoms with Crippen molar-refractivity contribution in [1.82, 2.24) is 15.1 Å². The molecule has 1 amide bonds. The zero-order valence-electron chi connectivity index (χ0n) is 16.1. The monoisotopic (exact) mass is 466 g/mol. The maximum Gasteiger partial charge on any atom is 0.311 e. The van der Waals surface area contributed by atoms with Gasteiger partial charge in [-0.05, 0) is 56.0 Å². The second kappa shape index (κ2) is 8.37. The van der Waals surface area contributed by atoms with Gasteiger partial charge < -0.3 is 9.32 Å².